The molecule has 7 atom stereocenters. The summed E-state index contributed by atoms with van der Waals surface area (Å²) < 4.78 is 4.01. The molecule has 2 fully saturated rings. The van der Waals surface area contributed by atoms with Crippen LogP contribution in [0.3, 0.4) is 0 Å². The number of likely N-dealkylation sites (tertiary alicyclic amines) is 1. The number of aliphatic hydroxyl groups excluding tert-OH is 1. The van der Waals surface area contributed by atoms with Crippen LogP contribution >= 0.6 is 11.8 Å². The van der Waals surface area contributed by atoms with Gasteiger partial charge >= 0.3 is 5.97 Å². The molecule has 2 amide bonds. The van der Waals surface area contributed by atoms with Crippen LogP contribution < -0.4 is 0 Å². The Morgan fingerprint density at radius 3 is 2.61 bits per heavy atom. The molecular weight excluding hydrogens is 440 g/mol. The Balaban J connectivity index is 1.88. The van der Waals surface area contributed by atoms with Crippen molar-refractivity contribution in [3.63, 3.8) is 0 Å². The smallest absolute Gasteiger partial charge is 0.311 e. The molecule has 0 saturated carbocycles. The second-order valence-corrected chi connectivity index (χ2v) is 11.7. The van der Waals surface area contributed by atoms with E-state index in [1.807, 2.05) is 50.0 Å². The van der Waals surface area contributed by atoms with Gasteiger partial charge in [0.2, 0.25) is 11.8 Å². The van der Waals surface area contributed by atoms with Gasteiger partial charge in [0.05, 0.1) is 35.8 Å². The van der Waals surface area contributed by atoms with Crippen molar-refractivity contribution in [3.8, 4) is 0 Å². The number of ether oxygens (including phenoxy) is 1. The molecule has 4 rings (SSSR count). The monoisotopic (exact) mass is 476 g/mol. The first-order chi connectivity index (χ1) is 15.8. The molecule has 0 aromatic rings. The number of amides is 2. The molecule has 1 spiro atoms. The van der Waals surface area contributed by atoms with Crippen molar-refractivity contribution in [1.82, 2.24) is 9.80 Å². The van der Waals surface area contributed by atoms with Crippen LogP contribution in [0.4, 0.5) is 0 Å². The van der Waals surface area contributed by atoms with Gasteiger partial charge in [0.1, 0.15) is 6.04 Å². The fourth-order valence-corrected chi connectivity index (χ4v) is 8.36. The first-order valence-corrected chi connectivity index (χ1v) is 13.0. The van der Waals surface area contributed by atoms with Gasteiger partial charge in [0, 0.05) is 17.3 Å². The molecule has 1 N–H and O–H groups in total. The van der Waals surface area contributed by atoms with E-state index in [0.717, 1.165) is 12.8 Å². The Morgan fingerprint density at radius 2 is 1.94 bits per heavy atom. The number of thioether (sulfide) groups is 1. The number of hydrogen-bond acceptors (Lipinski definition) is 6. The Labute approximate surface area is 200 Å². The van der Waals surface area contributed by atoms with Crippen LogP contribution in [0.5, 0.6) is 0 Å². The second kappa shape index (κ2) is 9.10. The topological polar surface area (TPSA) is 87.2 Å². The molecule has 0 radical (unpaired) electrons. The molecule has 4 aliphatic heterocycles. The molecule has 33 heavy (non-hydrogen) atoms. The highest BCUT2D eigenvalue weighted by atomic mass is 32.2. The van der Waals surface area contributed by atoms with Gasteiger partial charge in [-0.1, -0.05) is 44.6 Å². The minimum absolute atomic E-state index is 0.0352. The quantitative estimate of drug-likeness (QED) is 0.468. The summed E-state index contributed by atoms with van der Waals surface area (Å²) in [6.45, 7) is 8.58. The predicted octanol–water partition coefficient (Wildman–Crippen LogP) is 2.53. The first kappa shape index (κ1) is 24.3. The Morgan fingerprint density at radius 1 is 1.18 bits per heavy atom. The van der Waals surface area contributed by atoms with Crippen LogP contribution in [0, 0.1) is 11.8 Å². The zero-order valence-corrected chi connectivity index (χ0v) is 20.8. The highest BCUT2D eigenvalue weighted by Crippen LogP contribution is 2.65. The zero-order valence-electron chi connectivity index (χ0n) is 20.0. The third kappa shape index (κ3) is 3.64. The van der Waals surface area contributed by atoms with E-state index in [4.69, 9.17) is 4.74 Å². The van der Waals surface area contributed by atoms with Crippen molar-refractivity contribution in [3.05, 3.63) is 24.3 Å². The molecule has 4 heterocycles. The summed E-state index contributed by atoms with van der Waals surface area (Å²) in [5.74, 6) is -2.09. The third-order valence-electron chi connectivity index (χ3n) is 7.80. The molecule has 182 valence electrons. The van der Waals surface area contributed by atoms with E-state index < -0.39 is 33.4 Å². The molecule has 0 aromatic carbocycles. The van der Waals surface area contributed by atoms with Crippen LogP contribution in [-0.2, 0) is 19.1 Å². The van der Waals surface area contributed by atoms with E-state index in [1.54, 1.807) is 16.7 Å². The van der Waals surface area contributed by atoms with Crippen LogP contribution in [-0.4, -0.2) is 80.1 Å². The number of fused-ring (bicyclic) bond motifs is 2. The first-order valence-electron chi connectivity index (χ1n) is 12.2. The fraction of sp³-hybridized carbons (Fsp3) is 0.720. The Kier molecular flexibility index (Phi) is 6.71. The lowest BCUT2D eigenvalue weighted by Gasteiger charge is -2.40. The lowest BCUT2D eigenvalue weighted by molar-refractivity contribution is -0.154. The van der Waals surface area contributed by atoms with Crippen molar-refractivity contribution in [2.75, 3.05) is 19.8 Å². The zero-order chi connectivity index (χ0) is 24.0. The molecule has 4 aliphatic rings. The summed E-state index contributed by atoms with van der Waals surface area (Å²) >= 11 is 1.55. The van der Waals surface area contributed by atoms with Gasteiger partial charge in [0.25, 0.3) is 0 Å². The minimum Gasteiger partial charge on any atom is -0.465 e. The minimum atomic E-state index is -0.884. The molecule has 0 bridgehead atoms. The number of carbonyl (C=O) groups excluding carboxylic acids is 3. The van der Waals surface area contributed by atoms with Crippen LogP contribution in [0.25, 0.3) is 0 Å². The molecule has 0 aliphatic carbocycles. The number of rotatable bonds is 6. The van der Waals surface area contributed by atoms with E-state index in [0.29, 0.717) is 26.0 Å². The summed E-state index contributed by atoms with van der Waals surface area (Å²) in [4.78, 5) is 45.0. The van der Waals surface area contributed by atoms with Gasteiger partial charge in [0.15, 0.2) is 0 Å². The van der Waals surface area contributed by atoms with Crippen LogP contribution in [0.15, 0.2) is 24.3 Å². The average molecular weight is 477 g/mol. The van der Waals surface area contributed by atoms with E-state index in [1.165, 1.54) is 0 Å². The lowest BCUT2D eigenvalue weighted by atomic mass is 9.74. The van der Waals surface area contributed by atoms with Gasteiger partial charge < -0.3 is 19.6 Å². The maximum absolute atomic E-state index is 14.2. The Bertz CT molecular complexity index is 871. The molecule has 8 heteroatoms. The predicted molar refractivity (Wildman–Crippen MR) is 127 cm³/mol. The number of cyclic esters (lactones) is 1. The normalized spacial score (nSPS) is 37.6. The van der Waals surface area contributed by atoms with Crippen molar-refractivity contribution in [2.45, 2.75) is 81.0 Å². The number of carbonyl (C=O) groups is 3. The van der Waals surface area contributed by atoms with Gasteiger partial charge in [-0.05, 0) is 33.1 Å². The van der Waals surface area contributed by atoms with Gasteiger partial charge in [-0.25, -0.2) is 0 Å². The van der Waals surface area contributed by atoms with E-state index in [2.05, 4.69) is 6.92 Å². The SMILES string of the molecule is CCCC(C)N1CC=C[C@]23S[C@@]4(C)C=CCCOC(=O)[C@H]4[C@H]2C(=O)N([C@@H](CC)CO)C3C1=O. The number of esters is 1. The van der Waals surface area contributed by atoms with E-state index in [-0.39, 0.29) is 30.4 Å². The number of nitrogens with zero attached hydrogens (tertiary/aromatic N) is 2. The van der Waals surface area contributed by atoms with Crippen molar-refractivity contribution >= 4 is 29.5 Å². The molecular formula is C25H36N2O5S. The number of aliphatic hydroxyl groups is 1. The maximum atomic E-state index is 14.2. The summed E-state index contributed by atoms with van der Waals surface area (Å²) in [6, 6.07) is -1.20. The fourth-order valence-electron chi connectivity index (χ4n) is 6.22. The Hall–Kier alpha value is -1.80. The second-order valence-electron chi connectivity index (χ2n) is 9.88. The average Bonchev–Trinajstić information content (AvgIpc) is 3.09. The van der Waals surface area contributed by atoms with Crippen molar-refractivity contribution in [1.29, 1.82) is 0 Å². The highest BCUT2D eigenvalue weighted by molar-refractivity contribution is 8.02. The summed E-state index contributed by atoms with van der Waals surface area (Å²) in [5, 5.41) is 10.1. The molecule has 7 nitrogen and oxygen atoms in total. The highest BCUT2D eigenvalue weighted by Gasteiger charge is 2.74. The largest absolute Gasteiger partial charge is 0.465 e. The summed E-state index contributed by atoms with van der Waals surface area (Å²) in [6.07, 6.45) is 11.1. The van der Waals surface area contributed by atoms with Gasteiger partial charge in [-0.3, -0.25) is 14.4 Å². The molecule has 0 aromatic heterocycles. The lowest BCUT2D eigenvalue weighted by Crippen LogP contribution is -2.57. The summed E-state index contributed by atoms with van der Waals surface area (Å²) in [5.41, 5.74) is 0. The number of hydrogen-bond donors (Lipinski definition) is 1. The molecule has 2 saturated heterocycles. The van der Waals surface area contributed by atoms with E-state index in [9.17, 15) is 19.5 Å². The van der Waals surface area contributed by atoms with Crippen LogP contribution in [0.2, 0.25) is 0 Å². The van der Waals surface area contributed by atoms with Gasteiger partial charge in [-0.15, -0.1) is 11.8 Å². The van der Waals surface area contributed by atoms with Crippen molar-refractivity contribution in [2.24, 2.45) is 11.8 Å². The molecule has 2 unspecified atom stereocenters. The van der Waals surface area contributed by atoms with Gasteiger partial charge in [-0.2, -0.15) is 0 Å². The summed E-state index contributed by atoms with van der Waals surface area (Å²) in [7, 11) is 0. The standard InChI is InChI=1S/C25H36N2O5S/c1-5-10-16(3)26-13-9-12-25-18(19-23(31)32-14-8-7-11-24(19,4)33-25)21(29)27(17(6-2)15-28)20(25)22(26)30/h7,9,11-12,16-20,28H,5-6,8,10,13-15H2,1-4H3/t16?,17-,18-,19+,20?,24-,25-/m0/s1. The maximum Gasteiger partial charge on any atom is 0.311 e. The van der Waals surface area contributed by atoms with E-state index >= 15 is 0 Å². The third-order valence-corrected chi connectivity index (χ3v) is 9.60. The van der Waals surface area contributed by atoms with Crippen LogP contribution in [0.1, 0.15) is 53.4 Å². The van der Waals surface area contributed by atoms with Crippen molar-refractivity contribution < 1.29 is 24.2 Å².